The van der Waals surface area contributed by atoms with Gasteiger partial charge in [0.2, 0.25) is 9.05 Å². The van der Waals surface area contributed by atoms with Crippen LogP contribution in [0.5, 0.6) is 0 Å². The Balaban J connectivity index is 2.45. The van der Waals surface area contributed by atoms with E-state index in [1.165, 1.54) is 4.31 Å². The maximum atomic E-state index is 11.6. The Hall–Kier alpha value is 0.110. The summed E-state index contributed by atoms with van der Waals surface area (Å²) in [6.07, 6.45) is 2.71. The van der Waals surface area contributed by atoms with Gasteiger partial charge in [-0.1, -0.05) is 6.42 Å². The van der Waals surface area contributed by atoms with Gasteiger partial charge in [-0.05, 0) is 12.8 Å². The fourth-order valence-electron chi connectivity index (χ4n) is 1.49. The van der Waals surface area contributed by atoms with Crippen LogP contribution in [0.1, 0.15) is 19.3 Å². The average molecular weight is 291 g/mol. The molecule has 0 spiro atoms. The van der Waals surface area contributed by atoms with Crippen molar-refractivity contribution in [3.63, 3.8) is 0 Å². The van der Waals surface area contributed by atoms with Crippen LogP contribution in [0.2, 0.25) is 0 Å². The number of hydrogen-bond acceptors (Lipinski definition) is 4. The lowest BCUT2D eigenvalue weighted by Gasteiger charge is -2.25. The Morgan fingerprint density at radius 1 is 1.06 bits per heavy atom. The molecule has 96 valence electrons. The van der Waals surface area contributed by atoms with E-state index in [1.54, 1.807) is 0 Å². The lowest BCUT2D eigenvalue weighted by molar-refractivity contribution is 0.342. The Labute approximate surface area is 101 Å². The third-order valence-electron chi connectivity index (χ3n) is 2.29. The van der Waals surface area contributed by atoms with Gasteiger partial charge < -0.3 is 0 Å². The second-order valence-corrected chi connectivity index (χ2v) is 8.25. The van der Waals surface area contributed by atoms with E-state index in [4.69, 9.17) is 10.7 Å². The molecule has 0 unspecified atom stereocenters. The van der Waals surface area contributed by atoms with Crippen molar-refractivity contribution in [1.82, 2.24) is 9.03 Å². The molecular weight excluding hydrogens is 276 g/mol. The van der Waals surface area contributed by atoms with Crippen molar-refractivity contribution in [2.75, 3.05) is 25.4 Å². The van der Waals surface area contributed by atoms with Crippen molar-refractivity contribution < 1.29 is 16.8 Å². The van der Waals surface area contributed by atoms with Crippen molar-refractivity contribution in [1.29, 1.82) is 0 Å². The molecule has 1 aliphatic heterocycles. The topological polar surface area (TPSA) is 83.5 Å². The van der Waals surface area contributed by atoms with Crippen molar-refractivity contribution in [3.8, 4) is 0 Å². The third kappa shape index (κ3) is 4.96. The number of piperidine rings is 1. The van der Waals surface area contributed by atoms with Crippen LogP contribution in [-0.2, 0) is 19.3 Å². The van der Waals surface area contributed by atoms with E-state index in [9.17, 15) is 16.8 Å². The largest absolute Gasteiger partial charge is 0.279 e. The summed E-state index contributed by atoms with van der Waals surface area (Å²) < 4.78 is 48.1. The van der Waals surface area contributed by atoms with Gasteiger partial charge in [-0.3, -0.25) is 0 Å². The van der Waals surface area contributed by atoms with Crippen molar-refractivity contribution >= 4 is 29.9 Å². The van der Waals surface area contributed by atoms with Crippen molar-refractivity contribution in [2.45, 2.75) is 19.3 Å². The zero-order valence-electron chi connectivity index (χ0n) is 8.72. The minimum Gasteiger partial charge on any atom is -0.212 e. The van der Waals surface area contributed by atoms with Crippen LogP contribution in [0.15, 0.2) is 0 Å². The summed E-state index contributed by atoms with van der Waals surface area (Å²) in [6.45, 7) is 0.788. The maximum Gasteiger partial charge on any atom is 0.279 e. The summed E-state index contributed by atoms with van der Waals surface area (Å²) in [5.41, 5.74) is 0. The first-order chi connectivity index (χ1) is 7.31. The molecule has 0 amide bonds. The summed E-state index contributed by atoms with van der Waals surface area (Å²) in [7, 11) is -2.22. The predicted octanol–water partition coefficient (Wildman–Crippen LogP) is -0.125. The number of halogens is 1. The van der Waals surface area contributed by atoms with E-state index in [2.05, 4.69) is 4.72 Å². The van der Waals surface area contributed by atoms with Crippen LogP contribution >= 0.6 is 10.7 Å². The van der Waals surface area contributed by atoms with Gasteiger partial charge in [-0.15, -0.1) is 0 Å². The molecule has 1 saturated heterocycles. The number of hydrogen-bond donors (Lipinski definition) is 1. The molecule has 0 aromatic rings. The van der Waals surface area contributed by atoms with Gasteiger partial charge in [0.25, 0.3) is 10.2 Å². The highest BCUT2D eigenvalue weighted by atomic mass is 35.7. The number of rotatable bonds is 5. The molecule has 0 aliphatic carbocycles. The molecule has 9 heteroatoms. The molecule has 1 rings (SSSR count). The Kier molecular flexibility index (Phi) is 4.99. The lowest BCUT2D eigenvalue weighted by atomic mass is 10.2. The highest BCUT2D eigenvalue weighted by Gasteiger charge is 2.23. The summed E-state index contributed by atoms with van der Waals surface area (Å²) >= 11 is 0. The molecular formula is C7H15ClN2O4S2. The van der Waals surface area contributed by atoms with Gasteiger partial charge >= 0.3 is 0 Å². The van der Waals surface area contributed by atoms with Crippen LogP contribution in [0.3, 0.4) is 0 Å². The van der Waals surface area contributed by atoms with Crippen LogP contribution in [0.4, 0.5) is 0 Å². The molecule has 6 nitrogen and oxygen atoms in total. The summed E-state index contributed by atoms with van der Waals surface area (Å²) in [4.78, 5) is 0. The standard InChI is InChI=1S/C7H15ClN2O4S2/c8-15(11,12)7-4-9-16(13,14)10-5-2-1-3-6-10/h9H,1-7H2. The molecule has 0 bridgehead atoms. The summed E-state index contributed by atoms with van der Waals surface area (Å²) in [6, 6.07) is 0. The molecule has 0 aromatic heterocycles. The zero-order chi connectivity index (χ0) is 12.2. The lowest BCUT2D eigenvalue weighted by Crippen LogP contribution is -2.44. The Morgan fingerprint density at radius 3 is 2.12 bits per heavy atom. The van der Waals surface area contributed by atoms with Gasteiger partial charge in [-0.25, -0.2) is 13.1 Å². The van der Waals surface area contributed by atoms with E-state index in [1.807, 2.05) is 0 Å². The van der Waals surface area contributed by atoms with E-state index in [-0.39, 0.29) is 6.54 Å². The molecule has 0 aromatic carbocycles. The quantitative estimate of drug-likeness (QED) is 0.715. The minimum absolute atomic E-state index is 0.190. The van der Waals surface area contributed by atoms with Crippen LogP contribution in [0, 0.1) is 0 Å². The monoisotopic (exact) mass is 290 g/mol. The highest BCUT2D eigenvalue weighted by Crippen LogP contribution is 2.11. The fourth-order valence-corrected chi connectivity index (χ4v) is 3.48. The normalized spacial score (nSPS) is 19.8. The van der Waals surface area contributed by atoms with E-state index < -0.39 is 25.0 Å². The SMILES string of the molecule is O=S(=O)(Cl)CCNS(=O)(=O)N1CCCCC1. The molecule has 1 fully saturated rings. The van der Waals surface area contributed by atoms with Crippen LogP contribution in [-0.4, -0.2) is 46.5 Å². The average Bonchev–Trinajstić information content (AvgIpc) is 2.17. The van der Waals surface area contributed by atoms with E-state index >= 15 is 0 Å². The fraction of sp³-hybridized carbons (Fsp3) is 1.00. The summed E-state index contributed by atoms with van der Waals surface area (Å²) in [5.74, 6) is -0.401. The molecule has 0 atom stereocenters. The van der Waals surface area contributed by atoms with Gasteiger partial charge in [0.15, 0.2) is 0 Å². The number of nitrogens with one attached hydrogen (secondary N) is 1. The van der Waals surface area contributed by atoms with Gasteiger partial charge in [0.1, 0.15) is 0 Å². The molecule has 16 heavy (non-hydrogen) atoms. The van der Waals surface area contributed by atoms with E-state index in [0.717, 1.165) is 19.3 Å². The van der Waals surface area contributed by atoms with Crippen LogP contribution in [0.25, 0.3) is 0 Å². The molecule has 0 saturated carbocycles. The predicted molar refractivity (Wildman–Crippen MR) is 62.0 cm³/mol. The van der Waals surface area contributed by atoms with Crippen molar-refractivity contribution in [3.05, 3.63) is 0 Å². The summed E-state index contributed by atoms with van der Waals surface area (Å²) in [5, 5.41) is 0. The maximum absolute atomic E-state index is 11.6. The highest BCUT2D eigenvalue weighted by molar-refractivity contribution is 8.13. The van der Waals surface area contributed by atoms with E-state index in [0.29, 0.717) is 13.1 Å². The molecule has 1 N–H and O–H groups in total. The molecule has 1 aliphatic rings. The third-order valence-corrected chi connectivity index (χ3v) is 5.05. The van der Waals surface area contributed by atoms with Gasteiger partial charge in [-0.2, -0.15) is 12.7 Å². The van der Waals surface area contributed by atoms with Crippen molar-refractivity contribution in [2.24, 2.45) is 0 Å². The Morgan fingerprint density at radius 2 is 1.62 bits per heavy atom. The number of nitrogens with zero attached hydrogens (tertiary/aromatic N) is 1. The first-order valence-electron chi connectivity index (χ1n) is 4.98. The first kappa shape index (κ1) is 14.2. The second-order valence-electron chi connectivity index (χ2n) is 3.60. The van der Waals surface area contributed by atoms with Gasteiger partial charge in [0, 0.05) is 30.3 Å². The minimum atomic E-state index is -3.65. The Bertz CT molecular complexity index is 414. The molecule has 1 heterocycles. The van der Waals surface area contributed by atoms with Crippen LogP contribution < -0.4 is 4.72 Å². The second kappa shape index (κ2) is 5.63. The van der Waals surface area contributed by atoms with Gasteiger partial charge in [0.05, 0.1) is 5.75 Å². The first-order valence-corrected chi connectivity index (χ1v) is 8.90. The molecule has 0 radical (unpaired) electrons. The zero-order valence-corrected chi connectivity index (χ0v) is 11.1. The smallest absolute Gasteiger partial charge is 0.212 e.